The third-order valence-corrected chi connectivity index (χ3v) is 5.00. The van der Waals surface area contributed by atoms with Crippen molar-refractivity contribution in [3.05, 3.63) is 76.5 Å². The number of esters is 1. The smallest absolute Gasteiger partial charge is 0.338 e. The summed E-state index contributed by atoms with van der Waals surface area (Å²) in [5, 5.41) is 7.25. The van der Waals surface area contributed by atoms with Crippen molar-refractivity contribution in [3.63, 3.8) is 0 Å². The van der Waals surface area contributed by atoms with E-state index in [-0.39, 0.29) is 11.5 Å². The summed E-state index contributed by atoms with van der Waals surface area (Å²) in [4.78, 5) is 37.2. The maximum Gasteiger partial charge on any atom is 0.338 e. The van der Waals surface area contributed by atoms with E-state index in [0.29, 0.717) is 22.0 Å². The van der Waals surface area contributed by atoms with Gasteiger partial charge >= 0.3 is 5.97 Å². The van der Waals surface area contributed by atoms with Crippen LogP contribution in [-0.4, -0.2) is 31.0 Å². The van der Waals surface area contributed by atoms with Gasteiger partial charge in [0.05, 0.1) is 17.6 Å². The average molecular weight is 424 g/mol. The van der Waals surface area contributed by atoms with Gasteiger partial charge in [-0.05, 0) is 66.9 Å². The first-order chi connectivity index (χ1) is 14.5. The van der Waals surface area contributed by atoms with Gasteiger partial charge in [-0.2, -0.15) is 0 Å². The second-order valence-electron chi connectivity index (χ2n) is 6.27. The maximum absolute atomic E-state index is 12.3. The summed E-state index contributed by atoms with van der Waals surface area (Å²) in [6, 6.07) is 16.6. The Kier molecular flexibility index (Phi) is 6.82. The molecule has 1 heterocycles. The predicted octanol–water partition coefficient (Wildman–Crippen LogP) is 4.19. The summed E-state index contributed by atoms with van der Waals surface area (Å²) >= 11 is 1.34. The Bertz CT molecular complexity index is 1010. The van der Waals surface area contributed by atoms with Gasteiger partial charge in [0.25, 0.3) is 11.8 Å². The summed E-state index contributed by atoms with van der Waals surface area (Å²) < 4.78 is 10.3. The van der Waals surface area contributed by atoms with Gasteiger partial charge in [0.15, 0.2) is 6.10 Å². The van der Waals surface area contributed by atoms with Crippen LogP contribution in [0.25, 0.3) is 0 Å². The number of ether oxygens (including phenoxy) is 2. The highest BCUT2D eigenvalue weighted by Gasteiger charge is 2.19. The molecule has 0 unspecified atom stereocenters. The molecule has 0 spiro atoms. The van der Waals surface area contributed by atoms with Crippen LogP contribution in [0.4, 0.5) is 11.4 Å². The average Bonchev–Trinajstić information content (AvgIpc) is 3.30. The van der Waals surface area contributed by atoms with Crippen molar-refractivity contribution in [3.8, 4) is 5.75 Å². The summed E-state index contributed by atoms with van der Waals surface area (Å²) in [6.45, 7) is 1.49. The molecule has 1 atom stereocenters. The van der Waals surface area contributed by atoms with Crippen molar-refractivity contribution in [2.75, 3.05) is 17.7 Å². The molecule has 2 amide bonds. The van der Waals surface area contributed by atoms with Gasteiger partial charge in [0, 0.05) is 11.4 Å². The lowest BCUT2D eigenvalue weighted by Gasteiger charge is -2.14. The number of hydrogen-bond acceptors (Lipinski definition) is 6. The minimum atomic E-state index is -0.988. The normalized spacial score (nSPS) is 11.3. The highest BCUT2D eigenvalue weighted by Crippen LogP contribution is 2.17. The molecule has 3 rings (SSSR count). The van der Waals surface area contributed by atoms with Gasteiger partial charge in [-0.15, -0.1) is 11.3 Å². The number of anilines is 2. The van der Waals surface area contributed by atoms with Crippen molar-refractivity contribution < 1.29 is 23.9 Å². The van der Waals surface area contributed by atoms with Crippen LogP contribution in [-0.2, 0) is 9.53 Å². The van der Waals surface area contributed by atoms with Crippen LogP contribution in [0.5, 0.6) is 5.75 Å². The molecule has 0 radical (unpaired) electrons. The van der Waals surface area contributed by atoms with E-state index < -0.39 is 18.0 Å². The topological polar surface area (TPSA) is 93.7 Å². The fraction of sp³-hybridized carbons (Fsp3) is 0.136. The molecule has 8 heteroatoms. The quantitative estimate of drug-likeness (QED) is 0.555. The molecule has 7 nitrogen and oxygen atoms in total. The van der Waals surface area contributed by atoms with Crippen LogP contribution in [0.2, 0.25) is 0 Å². The van der Waals surface area contributed by atoms with Crippen LogP contribution >= 0.6 is 11.3 Å². The molecule has 30 heavy (non-hydrogen) atoms. The largest absolute Gasteiger partial charge is 0.497 e. The first-order valence-electron chi connectivity index (χ1n) is 9.07. The number of hydrogen-bond donors (Lipinski definition) is 2. The van der Waals surface area contributed by atoms with Gasteiger partial charge in [0.1, 0.15) is 5.75 Å². The van der Waals surface area contributed by atoms with Gasteiger partial charge in [-0.1, -0.05) is 6.07 Å². The van der Waals surface area contributed by atoms with Crippen molar-refractivity contribution in [2.45, 2.75) is 13.0 Å². The molecule has 0 aliphatic heterocycles. The monoisotopic (exact) mass is 424 g/mol. The van der Waals surface area contributed by atoms with Crippen LogP contribution < -0.4 is 15.4 Å². The molecule has 0 saturated carbocycles. The molecular formula is C22H20N2O5S. The van der Waals surface area contributed by atoms with E-state index in [4.69, 9.17) is 9.47 Å². The van der Waals surface area contributed by atoms with Gasteiger partial charge in [-0.25, -0.2) is 4.79 Å². The maximum atomic E-state index is 12.3. The molecular weight excluding hydrogens is 404 g/mol. The highest BCUT2D eigenvalue weighted by molar-refractivity contribution is 7.12. The zero-order chi connectivity index (χ0) is 21.5. The summed E-state index contributed by atoms with van der Waals surface area (Å²) in [6.07, 6.45) is -0.988. The number of carbonyl (C=O) groups excluding carboxylic acids is 3. The Morgan fingerprint density at radius 3 is 2.13 bits per heavy atom. The Morgan fingerprint density at radius 1 is 0.900 bits per heavy atom. The number of amides is 2. The molecule has 0 bridgehead atoms. The predicted molar refractivity (Wildman–Crippen MR) is 115 cm³/mol. The first-order valence-corrected chi connectivity index (χ1v) is 9.95. The van der Waals surface area contributed by atoms with Gasteiger partial charge in [-0.3, -0.25) is 9.59 Å². The molecule has 0 aliphatic carbocycles. The van der Waals surface area contributed by atoms with Crippen molar-refractivity contribution in [2.24, 2.45) is 0 Å². The summed E-state index contributed by atoms with van der Waals surface area (Å²) in [5.74, 6) is -0.636. The zero-order valence-electron chi connectivity index (χ0n) is 16.4. The Balaban J connectivity index is 1.54. The third-order valence-electron chi connectivity index (χ3n) is 4.13. The van der Waals surface area contributed by atoms with Crippen LogP contribution in [0.3, 0.4) is 0 Å². The number of thiophene rings is 1. The zero-order valence-corrected chi connectivity index (χ0v) is 17.2. The summed E-state index contributed by atoms with van der Waals surface area (Å²) in [7, 11) is 1.55. The fourth-order valence-corrected chi connectivity index (χ4v) is 3.11. The van der Waals surface area contributed by atoms with E-state index in [2.05, 4.69) is 10.6 Å². The number of nitrogens with one attached hydrogen (secondary N) is 2. The second kappa shape index (κ2) is 9.71. The second-order valence-corrected chi connectivity index (χ2v) is 7.22. The molecule has 3 aromatic rings. The number of methoxy groups -OCH3 is 1. The number of carbonyl (C=O) groups is 3. The van der Waals surface area contributed by atoms with E-state index in [1.54, 1.807) is 55.6 Å². The summed E-state index contributed by atoms with van der Waals surface area (Å²) in [5.41, 5.74) is 1.39. The van der Waals surface area contributed by atoms with Crippen molar-refractivity contribution in [1.29, 1.82) is 0 Å². The Hall–Kier alpha value is -3.65. The lowest BCUT2D eigenvalue weighted by Crippen LogP contribution is -2.30. The molecule has 2 aromatic carbocycles. The minimum absolute atomic E-state index is 0.218. The van der Waals surface area contributed by atoms with Crippen LogP contribution in [0.1, 0.15) is 27.0 Å². The molecule has 0 fully saturated rings. The first kappa shape index (κ1) is 21.1. The Morgan fingerprint density at radius 2 is 1.53 bits per heavy atom. The van der Waals surface area contributed by atoms with E-state index in [0.717, 1.165) is 0 Å². The minimum Gasteiger partial charge on any atom is -0.497 e. The number of rotatable bonds is 7. The van der Waals surface area contributed by atoms with Crippen LogP contribution in [0.15, 0.2) is 66.0 Å². The lowest BCUT2D eigenvalue weighted by molar-refractivity contribution is -0.123. The lowest BCUT2D eigenvalue weighted by atomic mass is 10.2. The molecule has 154 valence electrons. The van der Waals surface area contributed by atoms with Gasteiger partial charge in [0.2, 0.25) is 0 Å². The van der Waals surface area contributed by atoms with Crippen molar-refractivity contribution in [1.82, 2.24) is 0 Å². The molecule has 1 aromatic heterocycles. The standard InChI is InChI=1S/C22H20N2O5S/c1-14(20(25)23-17-9-11-18(28-2)12-10-17)29-22(27)15-5-7-16(8-6-15)24-21(26)19-4-3-13-30-19/h3-14H,1-2H3,(H,23,25)(H,24,26)/t14-/m0/s1. The molecule has 2 N–H and O–H groups in total. The fourth-order valence-electron chi connectivity index (χ4n) is 2.49. The Labute approximate surface area is 177 Å². The molecule has 0 saturated heterocycles. The SMILES string of the molecule is COc1ccc(NC(=O)[C@H](C)OC(=O)c2ccc(NC(=O)c3cccs3)cc2)cc1. The number of benzene rings is 2. The third kappa shape index (κ3) is 5.45. The highest BCUT2D eigenvalue weighted by atomic mass is 32.1. The van der Waals surface area contributed by atoms with Crippen molar-refractivity contribution >= 4 is 40.5 Å². The van der Waals surface area contributed by atoms with Crippen LogP contribution in [0, 0.1) is 0 Å². The van der Waals surface area contributed by atoms with E-state index in [9.17, 15) is 14.4 Å². The van der Waals surface area contributed by atoms with E-state index in [1.165, 1.54) is 30.4 Å². The van der Waals surface area contributed by atoms with Gasteiger partial charge < -0.3 is 20.1 Å². The van der Waals surface area contributed by atoms with E-state index in [1.807, 2.05) is 5.38 Å². The van der Waals surface area contributed by atoms with E-state index >= 15 is 0 Å². The molecule has 0 aliphatic rings.